The Morgan fingerprint density at radius 1 is 0.978 bits per heavy atom. The number of methoxy groups -OCH3 is 1. The number of carbonyl (C=O) groups is 3. The second-order valence-electron chi connectivity index (χ2n) is 10.5. The summed E-state index contributed by atoms with van der Waals surface area (Å²) in [5.41, 5.74) is 13.9. The van der Waals surface area contributed by atoms with E-state index in [-0.39, 0.29) is 13.0 Å². The lowest BCUT2D eigenvalue weighted by molar-refractivity contribution is -0.128. The number of urea groups is 1. The lowest BCUT2D eigenvalue weighted by Crippen LogP contribution is -2.55. The van der Waals surface area contributed by atoms with Crippen LogP contribution in [0.4, 0.5) is 4.79 Å². The number of hydrogen-bond donors (Lipinski definition) is 4. The number of nitrogens with zero attached hydrogens (tertiary/aromatic N) is 5. The Morgan fingerprint density at radius 2 is 1.72 bits per heavy atom. The van der Waals surface area contributed by atoms with Crippen molar-refractivity contribution in [1.82, 2.24) is 30.6 Å². The second-order valence-corrected chi connectivity index (χ2v) is 10.5. The first-order valence-electron chi connectivity index (χ1n) is 14.9. The number of ether oxygens (including phenoxy) is 1. The highest BCUT2D eigenvalue weighted by molar-refractivity contribution is 5.91. The summed E-state index contributed by atoms with van der Waals surface area (Å²) in [7, 11) is 1.58. The molecule has 13 nitrogen and oxygen atoms in total. The smallest absolute Gasteiger partial charge is 0.338 e. The van der Waals surface area contributed by atoms with E-state index in [1.54, 1.807) is 30.3 Å². The highest BCUT2D eigenvalue weighted by atomic mass is 16.5. The van der Waals surface area contributed by atoms with E-state index in [1.807, 2.05) is 78.9 Å². The van der Waals surface area contributed by atoms with Crippen LogP contribution < -0.4 is 26.8 Å². The number of benzene rings is 3. The van der Waals surface area contributed by atoms with Crippen LogP contribution in [0.3, 0.4) is 0 Å². The molecule has 0 saturated carbocycles. The molecule has 13 heteroatoms. The second kappa shape index (κ2) is 17.1. The molecule has 1 heterocycles. The van der Waals surface area contributed by atoms with Crippen molar-refractivity contribution in [2.75, 3.05) is 13.7 Å². The fourth-order valence-corrected chi connectivity index (χ4v) is 4.58. The van der Waals surface area contributed by atoms with Crippen molar-refractivity contribution in [2.45, 2.75) is 44.3 Å². The quantitative estimate of drug-likeness (QED) is 0.0838. The third-order valence-electron chi connectivity index (χ3n) is 7.05. The highest BCUT2D eigenvalue weighted by Gasteiger charge is 2.28. The standard InChI is InChI=1S/C33H39N9O4/c1-46-28-16-10-15-27(20-28)41-22-26(39-40-41)23-42(36-21-25-13-6-3-7-14-25)33(45)38-30(19-24-11-4-2-5-12-24)32(44)37-29(31(35)43)17-8-9-18-34/h2-7,10-16,20-22,29-30H,8-9,17-19,23,34H2,1H3,(H2,35,43)(H,37,44)(H,38,45)/b36-21+/t29-,30+/m0/s1. The molecular weight excluding hydrogens is 586 g/mol. The van der Waals surface area contributed by atoms with E-state index in [4.69, 9.17) is 16.2 Å². The summed E-state index contributed by atoms with van der Waals surface area (Å²) in [5.74, 6) is -0.559. The van der Waals surface area contributed by atoms with Crippen molar-refractivity contribution in [3.8, 4) is 11.4 Å². The molecule has 1 aromatic heterocycles. The van der Waals surface area contributed by atoms with Crippen molar-refractivity contribution >= 4 is 24.1 Å². The zero-order valence-electron chi connectivity index (χ0n) is 25.7. The Balaban J connectivity index is 1.58. The number of nitrogens with one attached hydrogen (secondary N) is 2. The van der Waals surface area contributed by atoms with Gasteiger partial charge in [0, 0.05) is 12.5 Å². The van der Waals surface area contributed by atoms with Gasteiger partial charge in [-0.15, -0.1) is 5.10 Å². The molecule has 0 aliphatic carbocycles. The zero-order chi connectivity index (χ0) is 32.7. The molecule has 0 aliphatic heterocycles. The lowest BCUT2D eigenvalue weighted by Gasteiger charge is -2.24. The summed E-state index contributed by atoms with van der Waals surface area (Å²) in [6.45, 7) is 0.403. The Kier molecular flexibility index (Phi) is 12.4. The van der Waals surface area contributed by atoms with E-state index in [0.717, 1.165) is 16.8 Å². The predicted molar refractivity (Wildman–Crippen MR) is 174 cm³/mol. The normalized spacial score (nSPS) is 12.3. The van der Waals surface area contributed by atoms with E-state index < -0.39 is 29.9 Å². The molecule has 2 atom stereocenters. The molecule has 0 bridgehead atoms. The molecular formula is C33H39N9O4. The molecule has 4 aromatic rings. The molecule has 4 rings (SSSR count). The van der Waals surface area contributed by atoms with E-state index in [9.17, 15) is 14.4 Å². The highest BCUT2D eigenvalue weighted by Crippen LogP contribution is 2.16. The van der Waals surface area contributed by atoms with Crippen molar-refractivity contribution in [1.29, 1.82) is 0 Å². The number of hydrazone groups is 1. The topological polar surface area (TPSA) is 183 Å². The van der Waals surface area contributed by atoms with Gasteiger partial charge in [-0.05, 0) is 49.1 Å². The van der Waals surface area contributed by atoms with Crippen LogP contribution in [0.1, 0.15) is 36.1 Å². The molecule has 3 aromatic carbocycles. The average Bonchev–Trinajstić information content (AvgIpc) is 3.55. The molecule has 0 spiro atoms. The van der Waals surface area contributed by atoms with Gasteiger partial charge in [-0.25, -0.2) is 14.5 Å². The first-order valence-corrected chi connectivity index (χ1v) is 14.9. The van der Waals surface area contributed by atoms with Gasteiger partial charge in [-0.1, -0.05) is 71.9 Å². The van der Waals surface area contributed by atoms with E-state index in [2.05, 4.69) is 26.0 Å². The zero-order valence-corrected chi connectivity index (χ0v) is 25.7. The summed E-state index contributed by atoms with van der Waals surface area (Å²) in [4.78, 5) is 39.5. The third kappa shape index (κ3) is 9.99. The van der Waals surface area contributed by atoms with Crippen LogP contribution in [0, 0.1) is 0 Å². The lowest BCUT2D eigenvalue weighted by atomic mass is 10.0. The molecule has 240 valence electrons. The minimum atomic E-state index is -1.05. The number of unbranched alkanes of at least 4 members (excludes halogenated alkanes) is 1. The molecule has 6 N–H and O–H groups in total. The number of amides is 4. The molecule has 0 fully saturated rings. The molecule has 4 amide bonds. The summed E-state index contributed by atoms with van der Waals surface area (Å²) in [5, 5.41) is 19.6. The first kappa shape index (κ1) is 33.3. The number of aromatic nitrogens is 3. The Labute approximate surface area is 267 Å². The van der Waals surface area contributed by atoms with Crippen LogP contribution in [-0.2, 0) is 22.6 Å². The summed E-state index contributed by atoms with van der Waals surface area (Å²) in [6.07, 6.45) is 5.01. The molecule has 0 unspecified atom stereocenters. The maximum Gasteiger partial charge on any atom is 0.338 e. The van der Waals surface area contributed by atoms with Gasteiger partial charge in [0.15, 0.2) is 0 Å². The Hall–Kier alpha value is -5.56. The van der Waals surface area contributed by atoms with E-state index >= 15 is 0 Å². The van der Waals surface area contributed by atoms with Crippen molar-refractivity contribution in [2.24, 2.45) is 16.6 Å². The van der Waals surface area contributed by atoms with Gasteiger partial charge < -0.3 is 26.8 Å². The first-order chi connectivity index (χ1) is 22.4. The predicted octanol–water partition coefficient (Wildman–Crippen LogP) is 2.53. The van der Waals surface area contributed by atoms with Crippen molar-refractivity contribution in [3.05, 3.63) is 108 Å². The van der Waals surface area contributed by atoms with Crippen LogP contribution in [0.25, 0.3) is 5.69 Å². The molecule has 0 aliphatic rings. The number of nitrogens with two attached hydrogens (primary N) is 2. The minimum Gasteiger partial charge on any atom is -0.497 e. The van der Waals surface area contributed by atoms with Crippen LogP contribution in [0.5, 0.6) is 5.75 Å². The summed E-state index contributed by atoms with van der Waals surface area (Å²) >= 11 is 0. The monoisotopic (exact) mass is 625 g/mol. The fourth-order valence-electron chi connectivity index (χ4n) is 4.58. The van der Waals surface area contributed by atoms with E-state index in [0.29, 0.717) is 37.3 Å². The van der Waals surface area contributed by atoms with Gasteiger partial charge in [0.1, 0.15) is 23.5 Å². The van der Waals surface area contributed by atoms with Crippen LogP contribution in [0.15, 0.2) is 96.2 Å². The Bertz CT molecular complexity index is 1590. The average molecular weight is 626 g/mol. The maximum absolute atomic E-state index is 13.8. The van der Waals surface area contributed by atoms with Gasteiger partial charge in [-0.2, -0.15) is 5.10 Å². The molecule has 46 heavy (non-hydrogen) atoms. The van der Waals surface area contributed by atoms with Crippen LogP contribution in [-0.4, -0.2) is 69.8 Å². The summed E-state index contributed by atoms with van der Waals surface area (Å²) < 4.78 is 6.87. The fraction of sp³-hybridized carbons (Fsp3) is 0.273. The molecule has 0 saturated heterocycles. The summed E-state index contributed by atoms with van der Waals surface area (Å²) in [6, 6.07) is 23.2. The minimum absolute atomic E-state index is 0.0538. The largest absolute Gasteiger partial charge is 0.497 e. The number of primary amides is 1. The van der Waals surface area contributed by atoms with Crippen molar-refractivity contribution in [3.63, 3.8) is 0 Å². The van der Waals surface area contributed by atoms with Crippen LogP contribution >= 0.6 is 0 Å². The number of rotatable bonds is 16. The SMILES string of the molecule is COc1cccc(-n2cc(CN(/N=C/c3ccccc3)C(=O)N[C@H](Cc3ccccc3)C(=O)N[C@@H](CCCCN)C(N)=O)nn2)c1. The van der Waals surface area contributed by atoms with Crippen molar-refractivity contribution < 1.29 is 19.1 Å². The third-order valence-corrected chi connectivity index (χ3v) is 7.05. The van der Waals surface area contributed by atoms with Gasteiger partial charge in [0.05, 0.1) is 31.8 Å². The van der Waals surface area contributed by atoms with Gasteiger partial charge in [0.25, 0.3) is 0 Å². The Morgan fingerprint density at radius 3 is 2.41 bits per heavy atom. The van der Waals surface area contributed by atoms with Gasteiger partial charge in [-0.3, -0.25) is 9.59 Å². The number of hydrogen-bond acceptors (Lipinski definition) is 8. The van der Waals surface area contributed by atoms with Gasteiger partial charge in [0.2, 0.25) is 11.8 Å². The number of carbonyl (C=O) groups excluding carboxylic acids is 3. The van der Waals surface area contributed by atoms with E-state index in [1.165, 1.54) is 5.01 Å². The molecule has 0 radical (unpaired) electrons. The maximum atomic E-state index is 13.8. The van der Waals surface area contributed by atoms with Gasteiger partial charge >= 0.3 is 6.03 Å². The van der Waals surface area contributed by atoms with Crippen LogP contribution in [0.2, 0.25) is 0 Å².